The third-order valence-corrected chi connectivity index (χ3v) is 3.33. The monoisotopic (exact) mass is 260 g/mol. The number of aryl methyl sites for hydroxylation is 1. The van der Waals surface area contributed by atoms with Crippen molar-refractivity contribution >= 4 is 0 Å². The van der Waals surface area contributed by atoms with Crippen LogP contribution >= 0.6 is 0 Å². The van der Waals surface area contributed by atoms with Crippen LogP contribution in [0.3, 0.4) is 0 Å². The minimum absolute atomic E-state index is 0.262. The van der Waals surface area contributed by atoms with E-state index in [1.807, 2.05) is 19.1 Å². The maximum atomic E-state index is 10.5. The molecule has 100 valence electrons. The van der Waals surface area contributed by atoms with Crippen molar-refractivity contribution in [3.05, 3.63) is 29.8 Å². The standard InChI is InChI=1S/C13H16N4O2/c1-9-3-6-15-10(7-9)11-16-12(19-17-11)13(18)4-2-5-14-8-13/h3,6-7,14,18H,2,4-5,8H2,1H3. The van der Waals surface area contributed by atoms with Crippen molar-refractivity contribution in [2.24, 2.45) is 0 Å². The zero-order valence-electron chi connectivity index (χ0n) is 10.8. The Hall–Kier alpha value is -1.79. The number of hydrogen-bond acceptors (Lipinski definition) is 6. The van der Waals surface area contributed by atoms with E-state index in [0.717, 1.165) is 18.5 Å². The first kappa shape index (κ1) is 12.3. The summed E-state index contributed by atoms with van der Waals surface area (Å²) in [5.74, 6) is 0.677. The Morgan fingerprint density at radius 1 is 1.47 bits per heavy atom. The number of nitrogens with one attached hydrogen (secondary N) is 1. The molecule has 3 rings (SSSR count). The first-order valence-corrected chi connectivity index (χ1v) is 6.38. The molecule has 1 atom stereocenters. The zero-order chi connectivity index (χ0) is 13.3. The number of pyridine rings is 1. The van der Waals surface area contributed by atoms with E-state index in [1.165, 1.54) is 0 Å². The molecule has 0 spiro atoms. The molecule has 2 aromatic rings. The minimum atomic E-state index is -1.06. The van der Waals surface area contributed by atoms with Gasteiger partial charge >= 0.3 is 0 Å². The second-order valence-electron chi connectivity index (χ2n) is 4.95. The number of hydrogen-bond donors (Lipinski definition) is 2. The lowest BCUT2D eigenvalue weighted by Gasteiger charge is -2.28. The van der Waals surface area contributed by atoms with Gasteiger partial charge in [-0.1, -0.05) is 5.16 Å². The number of piperidine rings is 1. The van der Waals surface area contributed by atoms with Crippen LogP contribution in [0.5, 0.6) is 0 Å². The van der Waals surface area contributed by atoms with Crippen molar-refractivity contribution in [2.45, 2.75) is 25.4 Å². The van der Waals surface area contributed by atoms with E-state index in [2.05, 4.69) is 20.4 Å². The molecule has 0 bridgehead atoms. The maximum absolute atomic E-state index is 10.5. The maximum Gasteiger partial charge on any atom is 0.260 e. The fraction of sp³-hybridized carbons (Fsp3) is 0.462. The van der Waals surface area contributed by atoms with Crippen molar-refractivity contribution in [2.75, 3.05) is 13.1 Å². The average Bonchev–Trinajstić information content (AvgIpc) is 2.90. The lowest BCUT2D eigenvalue weighted by atomic mass is 9.94. The van der Waals surface area contributed by atoms with Gasteiger partial charge in [0.1, 0.15) is 5.69 Å². The van der Waals surface area contributed by atoms with E-state index in [0.29, 0.717) is 24.5 Å². The molecule has 2 aromatic heterocycles. The van der Waals surface area contributed by atoms with E-state index < -0.39 is 5.60 Å². The highest BCUT2D eigenvalue weighted by molar-refractivity contribution is 5.49. The Morgan fingerprint density at radius 3 is 3.11 bits per heavy atom. The fourth-order valence-electron chi connectivity index (χ4n) is 2.25. The first-order valence-electron chi connectivity index (χ1n) is 6.38. The Labute approximate surface area is 110 Å². The van der Waals surface area contributed by atoms with Gasteiger partial charge in [0.15, 0.2) is 5.60 Å². The predicted molar refractivity (Wildman–Crippen MR) is 68.3 cm³/mol. The summed E-state index contributed by atoms with van der Waals surface area (Å²) in [4.78, 5) is 8.50. The van der Waals surface area contributed by atoms with Crippen LogP contribution in [0.25, 0.3) is 11.5 Å². The smallest absolute Gasteiger partial charge is 0.260 e. The third-order valence-electron chi connectivity index (χ3n) is 3.33. The highest BCUT2D eigenvalue weighted by atomic mass is 16.5. The lowest BCUT2D eigenvalue weighted by molar-refractivity contribution is -0.0167. The molecule has 0 aromatic carbocycles. The van der Waals surface area contributed by atoms with Gasteiger partial charge in [-0.05, 0) is 44.0 Å². The van der Waals surface area contributed by atoms with Crippen LogP contribution in [0.4, 0.5) is 0 Å². The molecule has 1 saturated heterocycles. The second-order valence-corrected chi connectivity index (χ2v) is 4.95. The summed E-state index contributed by atoms with van der Waals surface area (Å²) in [5.41, 5.74) is 0.671. The summed E-state index contributed by atoms with van der Waals surface area (Å²) in [6.45, 7) is 3.32. The minimum Gasteiger partial charge on any atom is -0.379 e. The topological polar surface area (TPSA) is 84.1 Å². The molecule has 1 fully saturated rings. The summed E-state index contributed by atoms with van der Waals surface area (Å²) in [5, 5.41) is 17.5. The summed E-state index contributed by atoms with van der Waals surface area (Å²) < 4.78 is 5.21. The van der Waals surface area contributed by atoms with Crippen LogP contribution in [-0.2, 0) is 5.60 Å². The van der Waals surface area contributed by atoms with Crippen molar-refractivity contribution < 1.29 is 9.63 Å². The molecule has 0 aliphatic carbocycles. The molecule has 6 nitrogen and oxygen atoms in total. The number of rotatable bonds is 2. The molecule has 19 heavy (non-hydrogen) atoms. The molecule has 1 unspecified atom stereocenters. The molecule has 0 saturated carbocycles. The summed E-state index contributed by atoms with van der Waals surface area (Å²) in [6.07, 6.45) is 3.22. The Morgan fingerprint density at radius 2 is 2.37 bits per heavy atom. The van der Waals surface area contributed by atoms with Crippen LogP contribution in [0.1, 0.15) is 24.3 Å². The third kappa shape index (κ3) is 2.36. The Bertz CT molecular complexity index is 576. The number of β-amino-alcohol motifs (C(OH)–C–C–N with tert-alkyl or cyclic N) is 1. The Balaban J connectivity index is 1.91. The highest BCUT2D eigenvalue weighted by Crippen LogP contribution is 2.28. The van der Waals surface area contributed by atoms with E-state index in [9.17, 15) is 5.11 Å². The number of nitrogens with zero attached hydrogens (tertiary/aromatic N) is 3. The van der Waals surface area contributed by atoms with Gasteiger partial charge in [-0.15, -0.1) is 0 Å². The molecular formula is C13H16N4O2. The van der Waals surface area contributed by atoms with Crippen LogP contribution in [0.15, 0.2) is 22.9 Å². The molecule has 0 amide bonds. The van der Waals surface area contributed by atoms with Crippen molar-refractivity contribution in [3.63, 3.8) is 0 Å². The van der Waals surface area contributed by atoms with Crippen LogP contribution in [0, 0.1) is 6.92 Å². The van der Waals surface area contributed by atoms with E-state index in [-0.39, 0.29) is 5.89 Å². The predicted octanol–water partition coefficient (Wildman–Crippen LogP) is 1.01. The average molecular weight is 260 g/mol. The fourth-order valence-corrected chi connectivity index (χ4v) is 2.25. The van der Waals surface area contributed by atoms with E-state index in [1.54, 1.807) is 6.20 Å². The molecule has 1 aliphatic heterocycles. The van der Waals surface area contributed by atoms with Gasteiger partial charge in [0, 0.05) is 12.7 Å². The quantitative estimate of drug-likeness (QED) is 0.838. The largest absolute Gasteiger partial charge is 0.379 e. The van der Waals surface area contributed by atoms with Crippen LogP contribution < -0.4 is 5.32 Å². The Kier molecular flexibility index (Phi) is 3.04. The zero-order valence-corrected chi connectivity index (χ0v) is 10.8. The van der Waals surface area contributed by atoms with E-state index >= 15 is 0 Å². The van der Waals surface area contributed by atoms with Crippen LogP contribution in [-0.4, -0.2) is 33.3 Å². The van der Waals surface area contributed by atoms with Gasteiger partial charge in [-0.3, -0.25) is 4.98 Å². The van der Waals surface area contributed by atoms with Gasteiger partial charge in [0.2, 0.25) is 5.82 Å². The summed E-state index contributed by atoms with van der Waals surface area (Å²) in [6, 6.07) is 3.79. The van der Waals surface area contributed by atoms with Crippen molar-refractivity contribution in [1.29, 1.82) is 0 Å². The van der Waals surface area contributed by atoms with Gasteiger partial charge in [0.05, 0.1) is 0 Å². The molecule has 3 heterocycles. The van der Waals surface area contributed by atoms with E-state index in [4.69, 9.17) is 4.52 Å². The molecule has 0 radical (unpaired) electrons. The van der Waals surface area contributed by atoms with Gasteiger partial charge in [0.25, 0.3) is 5.89 Å². The SMILES string of the molecule is Cc1ccnc(-c2noc(C3(O)CCCNC3)n2)c1. The first-order chi connectivity index (χ1) is 9.17. The van der Waals surface area contributed by atoms with Gasteiger partial charge in [-0.25, -0.2) is 0 Å². The molecular weight excluding hydrogens is 244 g/mol. The molecule has 1 aliphatic rings. The number of aliphatic hydroxyl groups is 1. The van der Waals surface area contributed by atoms with Crippen molar-refractivity contribution in [1.82, 2.24) is 20.4 Å². The highest BCUT2D eigenvalue weighted by Gasteiger charge is 2.37. The van der Waals surface area contributed by atoms with Gasteiger partial charge in [-0.2, -0.15) is 4.98 Å². The lowest BCUT2D eigenvalue weighted by Crippen LogP contribution is -2.43. The van der Waals surface area contributed by atoms with Gasteiger partial charge < -0.3 is 14.9 Å². The second kappa shape index (κ2) is 4.71. The molecule has 2 N–H and O–H groups in total. The van der Waals surface area contributed by atoms with Crippen molar-refractivity contribution in [3.8, 4) is 11.5 Å². The molecule has 6 heteroatoms. The number of aromatic nitrogens is 3. The normalized spacial score (nSPS) is 23.5. The summed E-state index contributed by atoms with van der Waals surface area (Å²) >= 11 is 0. The van der Waals surface area contributed by atoms with Crippen LogP contribution in [0.2, 0.25) is 0 Å². The summed E-state index contributed by atoms with van der Waals surface area (Å²) in [7, 11) is 0.